The molecule has 3 rings (SSSR count). The van der Waals surface area contributed by atoms with E-state index in [4.69, 9.17) is 5.26 Å². The van der Waals surface area contributed by atoms with Gasteiger partial charge in [-0.15, -0.1) is 0 Å². The highest BCUT2D eigenvalue weighted by Crippen LogP contribution is 2.43. The molecule has 0 fully saturated rings. The first-order chi connectivity index (χ1) is 14.1. The number of anilines is 2. The Kier molecular flexibility index (Phi) is 5.78. The maximum Gasteiger partial charge on any atom is 0.418 e. The van der Waals surface area contributed by atoms with E-state index in [1.807, 2.05) is 19.9 Å². The van der Waals surface area contributed by atoms with Gasteiger partial charge in [0.1, 0.15) is 11.8 Å². The number of carbonyl (C=O) groups is 1. The summed E-state index contributed by atoms with van der Waals surface area (Å²) in [5.41, 5.74) is 0.401. The van der Waals surface area contributed by atoms with Crippen molar-refractivity contribution in [3.8, 4) is 6.07 Å². The lowest BCUT2D eigenvalue weighted by molar-refractivity contribution is -0.137. The number of alkyl halides is 3. The number of nitrogens with one attached hydrogen (secondary N) is 1. The largest absolute Gasteiger partial charge is 0.418 e. The van der Waals surface area contributed by atoms with E-state index in [9.17, 15) is 18.0 Å². The second-order valence-corrected chi connectivity index (χ2v) is 7.48. The molecule has 1 N–H and O–H groups in total. The SMILES string of the molecule is CC(C)CN(C)c1cc2c(cc1C(F)(F)F)NC(=O)CC(c1ccnc(C#N)c1)=N2. The molecule has 9 heteroatoms. The van der Waals surface area contributed by atoms with Gasteiger partial charge in [0.25, 0.3) is 0 Å². The number of nitriles is 1. The average molecular weight is 415 g/mol. The molecule has 0 saturated carbocycles. The van der Waals surface area contributed by atoms with E-state index in [0.29, 0.717) is 17.8 Å². The maximum absolute atomic E-state index is 13.7. The quantitative estimate of drug-likeness (QED) is 0.796. The minimum atomic E-state index is -4.59. The number of benzene rings is 1. The molecule has 1 aromatic carbocycles. The van der Waals surface area contributed by atoms with Gasteiger partial charge in [-0.25, -0.2) is 4.98 Å². The lowest BCUT2D eigenvalue weighted by atomic mass is 10.1. The van der Waals surface area contributed by atoms with E-state index in [2.05, 4.69) is 15.3 Å². The molecular formula is C21H20F3N5O. The molecular weight excluding hydrogens is 395 g/mol. The number of halogens is 3. The van der Waals surface area contributed by atoms with Gasteiger partial charge in [-0.1, -0.05) is 13.8 Å². The van der Waals surface area contributed by atoms with Crippen LogP contribution in [0.25, 0.3) is 0 Å². The molecule has 1 amide bonds. The zero-order valence-electron chi connectivity index (χ0n) is 16.7. The van der Waals surface area contributed by atoms with Gasteiger partial charge in [0.05, 0.1) is 34.8 Å². The Balaban J connectivity index is 2.18. The molecule has 0 bridgehead atoms. The van der Waals surface area contributed by atoms with Crippen LogP contribution in [-0.2, 0) is 11.0 Å². The van der Waals surface area contributed by atoms with Crippen LogP contribution in [0.5, 0.6) is 0 Å². The number of hydrogen-bond acceptors (Lipinski definition) is 5. The van der Waals surface area contributed by atoms with E-state index >= 15 is 0 Å². The van der Waals surface area contributed by atoms with E-state index in [-0.39, 0.29) is 35.1 Å². The number of rotatable bonds is 4. The molecule has 0 radical (unpaired) electrons. The van der Waals surface area contributed by atoms with Crippen LogP contribution in [0.2, 0.25) is 0 Å². The Labute approximate surface area is 172 Å². The van der Waals surface area contributed by atoms with Crippen molar-refractivity contribution in [2.24, 2.45) is 10.9 Å². The molecule has 0 saturated heterocycles. The highest BCUT2D eigenvalue weighted by molar-refractivity contribution is 6.17. The van der Waals surface area contributed by atoms with Gasteiger partial charge in [0, 0.05) is 25.4 Å². The number of aliphatic imine (C=N–C) groups is 1. The molecule has 2 heterocycles. The number of carbonyl (C=O) groups excluding carboxylic acids is 1. The minimum Gasteiger partial charge on any atom is -0.374 e. The lowest BCUT2D eigenvalue weighted by Crippen LogP contribution is -2.25. The van der Waals surface area contributed by atoms with E-state index in [0.717, 1.165) is 6.07 Å². The maximum atomic E-state index is 13.7. The van der Waals surface area contributed by atoms with Gasteiger partial charge < -0.3 is 10.2 Å². The van der Waals surface area contributed by atoms with E-state index in [1.54, 1.807) is 13.1 Å². The van der Waals surface area contributed by atoms with Crippen molar-refractivity contribution < 1.29 is 18.0 Å². The fourth-order valence-corrected chi connectivity index (χ4v) is 3.33. The predicted octanol–water partition coefficient (Wildman–Crippen LogP) is 4.53. The molecule has 0 unspecified atom stereocenters. The first-order valence-corrected chi connectivity index (χ1v) is 9.28. The standard InChI is InChI=1S/C21H20F3N5O/c1-12(2)11-29(3)19-8-18-17(7-15(19)21(22,23)24)28-20(30)9-16(27-18)13-4-5-26-14(6-13)10-25/h4-8,12H,9,11H2,1-3H3,(H,28,30). The summed E-state index contributed by atoms with van der Waals surface area (Å²) in [6, 6.07) is 7.29. The van der Waals surface area contributed by atoms with Crippen LogP contribution in [0.15, 0.2) is 35.5 Å². The predicted molar refractivity (Wildman–Crippen MR) is 108 cm³/mol. The zero-order chi connectivity index (χ0) is 22.1. The lowest BCUT2D eigenvalue weighted by Gasteiger charge is -2.26. The fourth-order valence-electron chi connectivity index (χ4n) is 3.33. The first-order valence-electron chi connectivity index (χ1n) is 9.28. The summed E-state index contributed by atoms with van der Waals surface area (Å²) in [5, 5.41) is 11.6. The van der Waals surface area contributed by atoms with Crippen LogP contribution in [0.1, 0.15) is 37.1 Å². The number of pyridine rings is 1. The van der Waals surface area contributed by atoms with Crippen LogP contribution >= 0.6 is 0 Å². The molecule has 1 aliphatic heterocycles. The number of nitrogens with zero attached hydrogens (tertiary/aromatic N) is 4. The Morgan fingerprint density at radius 2 is 2.03 bits per heavy atom. The van der Waals surface area contributed by atoms with Gasteiger partial charge >= 0.3 is 6.18 Å². The van der Waals surface area contributed by atoms with Crippen molar-refractivity contribution in [1.82, 2.24) is 4.98 Å². The van der Waals surface area contributed by atoms with Gasteiger partial charge in [-0.3, -0.25) is 9.79 Å². The van der Waals surface area contributed by atoms with Crippen molar-refractivity contribution in [2.45, 2.75) is 26.4 Å². The third kappa shape index (κ3) is 4.59. The van der Waals surface area contributed by atoms with Crippen LogP contribution in [0, 0.1) is 17.2 Å². The second kappa shape index (κ2) is 8.14. The fraction of sp³-hybridized carbons (Fsp3) is 0.333. The monoisotopic (exact) mass is 415 g/mol. The number of hydrogen-bond donors (Lipinski definition) is 1. The van der Waals surface area contributed by atoms with Gasteiger partial charge in [-0.05, 0) is 30.2 Å². The summed E-state index contributed by atoms with van der Waals surface area (Å²) in [6.45, 7) is 4.25. The summed E-state index contributed by atoms with van der Waals surface area (Å²) < 4.78 is 41.2. The summed E-state index contributed by atoms with van der Waals surface area (Å²) in [7, 11) is 1.60. The van der Waals surface area contributed by atoms with Crippen molar-refractivity contribution in [3.05, 3.63) is 47.3 Å². The highest BCUT2D eigenvalue weighted by atomic mass is 19.4. The molecule has 156 valence electrons. The van der Waals surface area contributed by atoms with Gasteiger partial charge in [0.2, 0.25) is 5.91 Å². The molecule has 30 heavy (non-hydrogen) atoms. The number of amides is 1. The molecule has 0 aliphatic carbocycles. The third-order valence-corrected chi connectivity index (χ3v) is 4.53. The van der Waals surface area contributed by atoms with Gasteiger partial charge in [0.15, 0.2) is 0 Å². The molecule has 0 spiro atoms. The molecule has 6 nitrogen and oxygen atoms in total. The Bertz CT molecular complexity index is 1050. The summed E-state index contributed by atoms with van der Waals surface area (Å²) in [6.07, 6.45) is -3.30. The summed E-state index contributed by atoms with van der Waals surface area (Å²) in [4.78, 5) is 22.3. The summed E-state index contributed by atoms with van der Waals surface area (Å²) >= 11 is 0. The minimum absolute atomic E-state index is 0.00131. The second-order valence-electron chi connectivity index (χ2n) is 7.48. The highest BCUT2D eigenvalue weighted by Gasteiger charge is 2.36. The Hall–Kier alpha value is -3.41. The van der Waals surface area contributed by atoms with Crippen LogP contribution in [-0.4, -0.2) is 30.2 Å². The Morgan fingerprint density at radius 3 is 2.67 bits per heavy atom. The Morgan fingerprint density at radius 1 is 1.30 bits per heavy atom. The van der Waals surface area contributed by atoms with E-state index < -0.39 is 17.6 Å². The third-order valence-electron chi connectivity index (χ3n) is 4.53. The van der Waals surface area contributed by atoms with Crippen LogP contribution in [0.3, 0.4) is 0 Å². The van der Waals surface area contributed by atoms with Crippen LogP contribution < -0.4 is 10.2 Å². The zero-order valence-corrected chi connectivity index (χ0v) is 16.7. The van der Waals surface area contributed by atoms with Crippen LogP contribution in [0.4, 0.5) is 30.2 Å². The number of aromatic nitrogens is 1. The summed E-state index contributed by atoms with van der Waals surface area (Å²) in [5.74, 6) is -0.339. The van der Waals surface area contributed by atoms with E-state index in [1.165, 1.54) is 23.2 Å². The van der Waals surface area contributed by atoms with Crippen molar-refractivity contribution in [1.29, 1.82) is 5.26 Å². The molecule has 1 aliphatic rings. The number of fused-ring (bicyclic) bond motifs is 1. The topological polar surface area (TPSA) is 81.4 Å². The molecule has 1 aromatic heterocycles. The molecule has 2 aromatic rings. The van der Waals surface area contributed by atoms with Gasteiger partial charge in [-0.2, -0.15) is 18.4 Å². The normalized spacial score (nSPS) is 13.8. The smallest absolute Gasteiger partial charge is 0.374 e. The molecule has 0 atom stereocenters. The van der Waals surface area contributed by atoms with Crippen molar-refractivity contribution >= 4 is 28.7 Å². The average Bonchev–Trinajstić information content (AvgIpc) is 2.83. The van der Waals surface area contributed by atoms with Crippen molar-refractivity contribution in [3.63, 3.8) is 0 Å². The van der Waals surface area contributed by atoms with Crippen molar-refractivity contribution in [2.75, 3.05) is 23.8 Å². The first kappa shape index (κ1) is 21.3.